The topological polar surface area (TPSA) is 97.8 Å². The maximum atomic E-state index is 11.2. The van der Waals surface area contributed by atoms with Gasteiger partial charge in [0.05, 0.1) is 11.3 Å². The molecule has 1 aromatic carbocycles. The molecule has 1 aliphatic carbocycles. The second-order valence-corrected chi connectivity index (χ2v) is 6.17. The minimum absolute atomic E-state index is 0.254. The number of aromatic nitrogens is 3. The third-order valence-electron chi connectivity index (χ3n) is 4.64. The van der Waals surface area contributed by atoms with Gasteiger partial charge in [0, 0.05) is 12.1 Å². The minimum Gasteiger partial charge on any atom is -0.366 e. The lowest BCUT2D eigenvalue weighted by Gasteiger charge is -2.07. The maximum Gasteiger partial charge on any atom is 0.250 e. The smallest absolute Gasteiger partial charge is 0.250 e. The molecule has 0 bridgehead atoms. The summed E-state index contributed by atoms with van der Waals surface area (Å²) in [6.45, 7) is 0. The standard InChI is InChI=1S/C18H18N4O2/c19-16(23)14-9-15(20-10-14)17-21-18(24-22-17)13-7-5-11-3-1-2-4-12(11)6-8-13/h1-4,9-10,13,20H,5-8H2,(H2,19,23). The van der Waals surface area contributed by atoms with E-state index in [0.29, 0.717) is 23.0 Å². The molecule has 1 aliphatic rings. The highest BCUT2D eigenvalue weighted by Gasteiger charge is 2.23. The number of fused-ring (bicyclic) bond motifs is 1. The van der Waals surface area contributed by atoms with Crippen molar-refractivity contribution in [2.45, 2.75) is 31.6 Å². The molecule has 0 radical (unpaired) electrons. The van der Waals surface area contributed by atoms with E-state index in [4.69, 9.17) is 10.3 Å². The van der Waals surface area contributed by atoms with Crippen LogP contribution in [0.15, 0.2) is 41.1 Å². The average Bonchev–Trinajstić information content (AvgIpc) is 3.21. The molecule has 0 saturated carbocycles. The molecule has 1 amide bonds. The van der Waals surface area contributed by atoms with Gasteiger partial charge in [-0.05, 0) is 42.9 Å². The number of aromatic amines is 1. The van der Waals surface area contributed by atoms with Crippen molar-refractivity contribution >= 4 is 5.91 Å². The number of benzene rings is 1. The normalized spacial score (nSPS) is 15.0. The predicted molar refractivity (Wildman–Crippen MR) is 88.4 cm³/mol. The van der Waals surface area contributed by atoms with E-state index in [9.17, 15) is 4.79 Å². The molecule has 0 unspecified atom stereocenters. The van der Waals surface area contributed by atoms with Crippen LogP contribution in [-0.2, 0) is 12.8 Å². The number of H-pyrrole nitrogens is 1. The van der Waals surface area contributed by atoms with Crippen molar-refractivity contribution in [2.75, 3.05) is 0 Å². The molecule has 3 aromatic rings. The molecule has 2 heterocycles. The van der Waals surface area contributed by atoms with Crippen LogP contribution in [0.2, 0.25) is 0 Å². The molecule has 0 atom stereocenters. The first-order valence-corrected chi connectivity index (χ1v) is 8.09. The summed E-state index contributed by atoms with van der Waals surface area (Å²) in [7, 11) is 0. The number of carbonyl (C=O) groups is 1. The van der Waals surface area contributed by atoms with Crippen molar-refractivity contribution in [3.63, 3.8) is 0 Å². The minimum atomic E-state index is -0.484. The third-order valence-corrected chi connectivity index (χ3v) is 4.64. The fourth-order valence-electron chi connectivity index (χ4n) is 3.27. The molecule has 4 rings (SSSR count). The highest BCUT2D eigenvalue weighted by molar-refractivity contribution is 5.93. The highest BCUT2D eigenvalue weighted by atomic mass is 16.5. The number of nitrogens with two attached hydrogens (primary N) is 1. The van der Waals surface area contributed by atoms with Crippen molar-refractivity contribution in [1.82, 2.24) is 15.1 Å². The third kappa shape index (κ3) is 2.71. The summed E-state index contributed by atoms with van der Waals surface area (Å²) < 4.78 is 5.49. The summed E-state index contributed by atoms with van der Waals surface area (Å²) in [6.07, 6.45) is 5.58. The van der Waals surface area contributed by atoms with Crippen LogP contribution in [0.5, 0.6) is 0 Å². The molecule has 3 N–H and O–H groups in total. The summed E-state index contributed by atoms with van der Waals surface area (Å²) >= 11 is 0. The van der Waals surface area contributed by atoms with Gasteiger partial charge < -0.3 is 15.2 Å². The van der Waals surface area contributed by atoms with Gasteiger partial charge >= 0.3 is 0 Å². The lowest BCUT2D eigenvalue weighted by molar-refractivity contribution is 0.100. The first-order chi connectivity index (χ1) is 11.7. The number of aryl methyl sites for hydroxylation is 2. The Labute approximate surface area is 139 Å². The molecule has 0 saturated heterocycles. The lowest BCUT2D eigenvalue weighted by atomic mass is 10.00. The van der Waals surface area contributed by atoms with Gasteiger partial charge in [0.15, 0.2) is 0 Å². The SMILES string of the molecule is NC(=O)c1c[nH]c(-c2noc(C3CCc4ccccc4CC3)n2)c1. The molecule has 0 aliphatic heterocycles. The summed E-state index contributed by atoms with van der Waals surface area (Å²) in [5.74, 6) is 0.888. The van der Waals surface area contributed by atoms with Gasteiger partial charge in [0.25, 0.3) is 0 Å². The number of rotatable bonds is 3. The van der Waals surface area contributed by atoms with Crippen LogP contribution in [0, 0.1) is 0 Å². The zero-order valence-electron chi connectivity index (χ0n) is 13.2. The van der Waals surface area contributed by atoms with E-state index >= 15 is 0 Å². The van der Waals surface area contributed by atoms with E-state index in [2.05, 4.69) is 39.4 Å². The molecule has 24 heavy (non-hydrogen) atoms. The number of carbonyl (C=O) groups excluding carboxylic acids is 1. The van der Waals surface area contributed by atoms with Gasteiger partial charge in [0.1, 0.15) is 0 Å². The fourth-order valence-corrected chi connectivity index (χ4v) is 3.27. The molecule has 6 nitrogen and oxygen atoms in total. The van der Waals surface area contributed by atoms with Gasteiger partial charge in [-0.25, -0.2) is 0 Å². The van der Waals surface area contributed by atoms with Crippen LogP contribution in [0.25, 0.3) is 11.5 Å². The molecule has 0 fully saturated rings. The number of nitrogens with one attached hydrogen (secondary N) is 1. The first kappa shape index (κ1) is 14.7. The summed E-state index contributed by atoms with van der Waals surface area (Å²) in [5, 5.41) is 4.04. The number of hydrogen-bond donors (Lipinski definition) is 2. The largest absolute Gasteiger partial charge is 0.366 e. The second kappa shape index (κ2) is 5.96. The summed E-state index contributed by atoms with van der Waals surface area (Å²) in [5.41, 5.74) is 9.13. The van der Waals surface area contributed by atoms with Gasteiger partial charge in [-0.1, -0.05) is 29.4 Å². The van der Waals surface area contributed by atoms with Crippen molar-refractivity contribution in [1.29, 1.82) is 0 Å². The molecule has 6 heteroatoms. The molecule has 0 spiro atoms. The van der Waals surface area contributed by atoms with E-state index in [0.717, 1.165) is 25.7 Å². The summed E-state index contributed by atoms with van der Waals surface area (Å²) in [6, 6.07) is 10.2. The lowest BCUT2D eigenvalue weighted by Crippen LogP contribution is -2.09. The number of primary amides is 1. The van der Waals surface area contributed by atoms with Crippen molar-refractivity contribution in [2.24, 2.45) is 5.73 Å². The fraction of sp³-hybridized carbons (Fsp3) is 0.278. The Morgan fingerprint density at radius 1 is 1.21 bits per heavy atom. The van der Waals surface area contributed by atoms with E-state index in [-0.39, 0.29) is 5.92 Å². The number of nitrogens with zero attached hydrogens (tertiary/aromatic N) is 2. The maximum absolute atomic E-state index is 11.2. The molecular weight excluding hydrogens is 304 g/mol. The Kier molecular flexibility index (Phi) is 3.65. The highest BCUT2D eigenvalue weighted by Crippen LogP contribution is 2.31. The van der Waals surface area contributed by atoms with Gasteiger partial charge in [-0.15, -0.1) is 0 Å². The van der Waals surface area contributed by atoms with Crippen LogP contribution in [0.1, 0.15) is 46.1 Å². The monoisotopic (exact) mass is 322 g/mol. The second-order valence-electron chi connectivity index (χ2n) is 6.17. The van der Waals surface area contributed by atoms with E-state index in [1.165, 1.54) is 11.1 Å². The van der Waals surface area contributed by atoms with Crippen LogP contribution in [-0.4, -0.2) is 21.0 Å². The van der Waals surface area contributed by atoms with Crippen LogP contribution >= 0.6 is 0 Å². The Bertz CT molecular complexity index is 854. The Balaban J connectivity index is 1.54. The quantitative estimate of drug-likeness (QED) is 0.724. The van der Waals surface area contributed by atoms with Crippen LogP contribution in [0.3, 0.4) is 0 Å². The van der Waals surface area contributed by atoms with Crippen LogP contribution < -0.4 is 5.73 Å². The predicted octanol–water partition coefficient (Wildman–Crippen LogP) is 2.83. The molecule has 2 aromatic heterocycles. The first-order valence-electron chi connectivity index (χ1n) is 8.09. The van der Waals surface area contributed by atoms with E-state index < -0.39 is 5.91 Å². The molecule has 122 valence electrons. The van der Waals surface area contributed by atoms with Crippen molar-refractivity contribution < 1.29 is 9.32 Å². The number of amides is 1. The zero-order valence-corrected chi connectivity index (χ0v) is 13.2. The Hall–Kier alpha value is -2.89. The summed E-state index contributed by atoms with van der Waals surface area (Å²) in [4.78, 5) is 18.7. The van der Waals surface area contributed by atoms with Crippen molar-refractivity contribution in [3.8, 4) is 11.5 Å². The van der Waals surface area contributed by atoms with Gasteiger partial charge in [-0.3, -0.25) is 4.79 Å². The van der Waals surface area contributed by atoms with Crippen LogP contribution in [0.4, 0.5) is 0 Å². The van der Waals surface area contributed by atoms with Gasteiger partial charge in [0.2, 0.25) is 17.6 Å². The molecular formula is C18H18N4O2. The van der Waals surface area contributed by atoms with Gasteiger partial charge in [-0.2, -0.15) is 4.98 Å². The average molecular weight is 322 g/mol. The van der Waals surface area contributed by atoms with E-state index in [1.54, 1.807) is 12.3 Å². The van der Waals surface area contributed by atoms with E-state index in [1.807, 2.05) is 0 Å². The number of hydrogen-bond acceptors (Lipinski definition) is 4. The zero-order chi connectivity index (χ0) is 16.5. The van der Waals surface area contributed by atoms with Crippen molar-refractivity contribution in [3.05, 3.63) is 59.1 Å². The Morgan fingerprint density at radius 3 is 2.54 bits per heavy atom. The Morgan fingerprint density at radius 2 is 1.92 bits per heavy atom.